The van der Waals surface area contributed by atoms with E-state index in [2.05, 4.69) is 137 Å². The van der Waals surface area contributed by atoms with Gasteiger partial charge in [0.2, 0.25) is 0 Å². The Morgan fingerprint density at radius 2 is 1.77 bits per heavy atom. The average molecular weight is 566 g/mol. The van der Waals surface area contributed by atoms with E-state index >= 15 is 0 Å². The molecule has 0 saturated heterocycles. The first-order chi connectivity index (χ1) is 20.6. The molecule has 1 heteroatoms. The number of hydrogen-bond acceptors (Lipinski definition) is 0. The van der Waals surface area contributed by atoms with Crippen molar-refractivity contribution in [2.45, 2.75) is 79.1 Å². The second kappa shape index (κ2) is 12.3. The number of nitrogens with zero attached hydrogens (tertiary/aromatic N) is 1. The van der Waals surface area contributed by atoms with Gasteiger partial charge in [-0.2, -0.15) is 0 Å². The minimum atomic E-state index is -0.0817. The van der Waals surface area contributed by atoms with Crippen LogP contribution in [0.4, 0.5) is 0 Å². The molecule has 0 aliphatic heterocycles. The van der Waals surface area contributed by atoms with Gasteiger partial charge < -0.3 is 4.57 Å². The summed E-state index contributed by atoms with van der Waals surface area (Å²) in [4.78, 5) is 0. The van der Waals surface area contributed by atoms with E-state index < -0.39 is 0 Å². The van der Waals surface area contributed by atoms with Crippen LogP contribution in [0, 0.1) is 0 Å². The second-order valence-corrected chi connectivity index (χ2v) is 12.9. The normalized spacial score (nSPS) is 18.8. The highest BCUT2D eigenvalue weighted by Gasteiger charge is 2.36. The van der Waals surface area contributed by atoms with Crippen LogP contribution in [0.3, 0.4) is 0 Å². The van der Waals surface area contributed by atoms with Crippen LogP contribution in [0.5, 0.6) is 0 Å². The summed E-state index contributed by atoms with van der Waals surface area (Å²) in [7, 11) is 0. The van der Waals surface area contributed by atoms with E-state index in [1.54, 1.807) is 0 Å². The third-order valence-corrected chi connectivity index (χ3v) is 8.98. The van der Waals surface area contributed by atoms with Gasteiger partial charge in [-0.05, 0) is 117 Å². The molecule has 43 heavy (non-hydrogen) atoms. The van der Waals surface area contributed by atoms with Crippen molar-refractivity contribution in [3.8, 4) is 5.69 Å². The molecule has 3 aromatic rings. The molecule has 1 aromatic heterocycles. The van der Waals surface area contributed by atoms with E-state index in [0.717, 1.165) is 19.3 Å². The van der Waals surface area contributed by atoms with Gasteiger partial charge in [0.05, 0.1) is 5.52 Å². The Kier molecular flexibility index (Phi) is 8.65. The number of hydrogen-bond donors (Lipinski definition) is 0. The zero-order valence-electron chi connectivity index (χ0n) is 27.2. The Balaban J connectivity index is 0.000000868. The predicted octanol–water partition coefficient (Wildman–Crippen LogP) is 11.9. The smallest absolute Gasteiger partial charge is 0.0537 e. The number of benzene rings is 2. The standard InChI is InChI=1S/C38H39N.C4H8/c1-7-12-26-22-27(17-16-25(26)4)28-18-21-37-33(23-28)32-14-10-11-15-36(32)39(37)29-19-20-31-30(13-8-2)34(9-3)38(5,6)35(31)24-29;1-4(2)3/h7-10,12-14,16,18-24,27H,3,11,15,17H2,1-2,4-6H3;1H2,2-3H3/b12-7-,13-8-;. The first-order valence-corrected chi connectivity index (χ1v) is 15.7. The zero-order valence-corrected chi connectivity index (χ0v) is 27.2. The molecule has 3 aliphatic rings. The molecule has 0 radical (unpaired) electrons. The van der Waals surface area contributed by atoms with Crippen molar-refractivity contribution in [1.29, 1.82) is 0 Å². The van der Waals surface area contributed by atoms with Crippen LogP contribution in [-0.4, -0.2) is 4.57 Å². The van der Waals surface area contributed by atoms with Crippen LogP contribution in [0.15, 0.2) is 120 Å². The molecular weight excluding hydrogens is 518 g/mol. The number of aromatic nitrogens is 1. The summed E-state index contributed by atoms with van der Waals surface area (Å²) >= 11 is 0. The van der Waals surface area contributed by atoms with E-state index in [-0.39, 0.29) is 5.41 Å². The van der Waals surface area contributed by atoms with Gasteiger partial charge in [0.1, 0.15) is 0 Å². The Morgan fingerprint density at radius 3 is 2.47 bits per heavy atom. The highest BCUT2D eigenvalue weighted by atomic mass is 15.0. The highest BCUT2D eigenvalue weighted by Crippen LogP contribution is 2.48. The van der Waals surface area contributed by atoms with Gasteiger partial charge >= 0.3 is 0 Å². The van der Waals surface area contributed by atoms with E-state index in [1.807, 2.05) is 19.9 Å². The third kappa shape index (κ3) is 5.54. The molecule has 2 aromatic carbocycles. The quantitative estimate of drug-likeness (QED) is 0.271. The van der Waals surface area contributed by atoms with Crippen LogP contribution < -0.4 is 0 Å². The molecule has 6 rings (SSSR count). The van der Waals surface area contributed by atoms with Crippen molar-refractivity contribution in [2.75, 3.05) is 0 Å². The maximum Gasteiger partial charge on any atom is 0.0537 e. The lowest BCUT2D eigenvalue weighted by atomic mass is 9.81. The predicted molar refractivity (Wildman–Crippen MR) is 190 cm³/mol. The number of rotatable bonds is 5. The molecule has 3 aliphatic carbocycles. The van der Waals surface area contributed by atoms with Gasteiger partial charge in [0.25, 0.3) is 0 Å². The van der Waals surface area contributed by atoms with Crippen molar-refractivity contribution >= 4 is 22.6 Å². The van der Waals surface area contributed by atoms with Crippen molar-refractivity contribution in [3.05, 3.63) is 148 Å². The highest BCUT2D eigenvalue weighted by molar-refractivity contribution is 5.94. The van der Waals surface area contributed by atoms with E-state index in [4.69, 9.17) is 0 Å². The topological polar surface area (TPSA) is 4.93 Å². The molecule has 0 N–H and O–H groups in total. The van der Waals surface area contributed by atoms with Gasteiger partial charge in [-0.25, -0.2) is 0 Å². The molecule has 0 bridgehead atoms. The molecule has 1 atom stereocenters. The summed E-state index contributed by atoms with van der Waals surface area (Å²) in [6, 6.07) is 14.3. The third-order valence-electron chi connectivity index (χ3n) is 8.98. The Labute approximate surface area is 259 Å². The molecule has 220 valence electrons. The maximum atomic E-state index is 4.17. The molecular formula is C42H47N. The van der Waals surface area contributed by atoms with Gasteiger partial charge in [0.15, 0.2) is 0 Å². The fourth-order valence-corrected chi connectivity index (χ4v) is 6.96. The second-order valence-electron chi connectivity index (χ2n) is 12.9. The van der Waals surface area contributed by atoms with Gasteiger partial charge in [-0.3, -0.25) is 0 Å². The largest absolute Gasteiger partial charge is 0.313 e. The number of allylic oxidation sites excluding steroid dienone is 13. The maximum absolute atomic E-state index is 4.17. The Hall–Kier alpha value is -4.10. The van der Waals surface area contributed by atoms with Crippen LogP contribution in [0.1, 0.15) is 95.2 Å². The fourth-order valence-electron chi connectivity index (χ4n) is 6.96. The first kappa shape index (κ1) is 30.4. The summed E-state index contributed by atoms with van der Waals surface area (Å²) in [6.45, 7) is 22.7. The minimum absolute atomic E-state index is 0.0817. The van der Waals surface area contributed by atoms with Crippen LogP contribution in [0.25, 0.3) is 28.2 Å². The van der Waals surface area contributed by atoms with E-state index in [1.165, 1.54) is 72.4 Å². The molecule has 0 spiro atoms. The van der Waals surface area contributed by atoms with Gasteiger partial charge in [-0.15, -0.1) is 6.58 Å². The van der Waals surface area contributed by atoms with Crippen molar-refractivity contribution in [1.82, 2.24) is 4.57 Å². The first-order valence-electron chi connectivity index (χ1n) is 15.7. The SMILES string of the molecule is C=C(C)C.C=CC1=C(/C=C\C)c2ccc(-n3c4c(c5cc(C6C=C(/C=C\C)C(C)=CC6)ccc53)C=CCC4)cc2C1(C)C. The monoisotopic (exact) mass is 565 g/mol. The van der Waals surface area contributed by atoms with Gasteiger partial charge in [0, 0.05) is 33.7 Å². The lowest BCUT2D eigenvalue weighted by Gasteiger charge is -2.24. The molecule has 0 saturated carbocycles. The Morgan fingerprint density at radius 1 is 1.02 bits per heavy atom. The summed E-state index contributed by atoms with van der Waals surface area (Å²) in [5, 5.41) is 1.37. The lowest BCUT2D eigenvalue weighted by molar-refractivity contribution is 0.653. The van der Waals surface area contributed by atoms with Crippen LogP contribution >= 0.6 is 0 Å². The molecule has 0 fully saturated rings. The Bertz CT molecular complexity index is 1780. The summed E-state index contributed by atoms with van der Waals surface area (Å²) in [6.07, 6.45) is 23.5. The molecule has 1 nitrogen and oxygen atoms in total. The summed E-state index contributed by atoms with van der Waals surface area (Å²) in [5.74, 6) is 0.408. The molecule has 0 amide bonds. The molecule has 1 unspecified atom stereocenters. The fraction of sp³-hybridized carbons (Fsp3) is 0.286. The van der Waals surface area contributed by atoms with Crippen LogP contribution in [-0.2, 0) is 11.8 Å². The van der Waals surface area contributed by atoms with Crippen molar-refractivity contribution in [2.24, 2.45) is 0 Å². The van der Waals surface area contributed by atoms with Gasteiger partial charge in [-0.1, -0.05) is 92.8 Å². The number of fused-ring (bicyclic) bond motifs is 4. The van der Waals surface area contributed by atoms with E-state index in [9.17, 15) is 0 Å². The lowest BCUT2D eigenvalue weighted by Crippen LogP contribution is -2.16. The molecule has 1 heterocycles. The average Bonchev–Trinajstić information content (AvgIpc) is 3.42. The van der Waals surface area contributed by atoms with Crippen molar-refractivity contribution < 1.29 is 0 Å². The summed E-state index contributed by atoms with van der Waals surface area (Å²) < 4.78 is 2.53. The van der Waals surface area contributed by atoms with E-state index in [0.29, 0.717) is 5.92 Å². The summed E-state index contributed by atoms with van der Waals surface area (Å²) in [5.41, 5.74) is 15.9. The van der Waals surface area contributed by atoms with Crippen LogP contribution in [0.2, 0.25) is 0 Å². The zero-order chi connectivity index (χ0) is 30.9. The minimum Gasteiger partial charge on any atom is -0.313 e. The van der Waals surface area contributed by atoms with Crippen molar-refractivity contribution in [3.63, 3.8) is 0 Å².